The van der Waals surface area contributed by atoms with Crippen LogP contribution in [0.3, 0.4) is 0 Å². The molecule has 0 heterocycles. The van der Waals surface area contributed by atoms with Gasteiger partial charge in [0.1, 0.15) is 0 Å². The molecule has 0 aliphatic heterocycles. The molecular weight excluding hydrogens is 256 g/mol. The summed E-state index contributed by atoms with van der Waals surface area (Å²) < 4.78 is 0. The van der Waals surface area contributed by atoms with E-state index in [2.05, 4.69) is 5.32 Å². The van der Waals surface area contributed by atoms with Crippen LogP contribution in [-0.2, 0) is 11.2 Å². The zero-order chi connectivity index (χ0) is 15.1. The van der Waals surface area contributed by atoms with Gasteiger partial charge in [0.25, 0.3) is 0 Å². The number of aliphatic carboxylic acids is 1. The maximum Gasteiger partial charge on any atom is 0.321 e. The highest BCUT2D eigenvalue weighted by atomic mass is 16.4. The standard InChI is InChI=1S/C15H22N2O3/c1-4-11(2)17(3)15(20)16-13-7-5-6-12(10-13)8-9-14(18)19/h5-7,10-11H,4,8-9H2,1-3H3,(H,16,20)(H,18,19). The molecule has 0 radical (unpaired) electrons. The molecule has 2 N–H and O–H groups in total. The number of hydrogen-bond acceptors (Lipinski definition) is 2. The van der Waals surface area contributed by atoms with Gasteiger partial charge >= 0.3 is 12.0 Å². The third-order valence-corrected chi connectivity index (χ3v) is 3.38. The number of carboxylic acid groups (broad SMARTS) is 1. The fourth-order valence-electron chi connectivity index (χ4n) is 1.74. The molecule has 1 aromatic carbocycles. The van der Waals surface area contributed by atoms with Crippen molar-refractivity contribution in [1.82, 2.24) is 4.90 Å². The number of carbonyl (C=O) groups is 2. The highest BCUT2D eigenvalue weighted by molar-refractivity contribution is 5.89. The quantitative estimate of drug-likeness (QED) is 0.840. The van der Waals surface area contributed by atoms with Gasteiger partial charge in [-0.2, -0.15) is 0 Å². The summed E-state index contributed by atoms with van der Waals surface area (Å²) in [6.45, 7) is 4.02. The Bertz CT molecular complexity index is 474. The van der Waals surface area contributed by atoms with Gasteiger partial charge in [-0.25, -0.2) is 4.79 Å². The summed E-state index contributed by atoms with van der Waals surface area (Å²) >= 11 is 0. The number of carboxylic acids is 1. The molecule has 0 aromatic heterocycles. The van der Waals surface area contributed by atoms with Gasteiger partial charge in [0.2, 0.25) is 0 Å². The SMILES string of the molecule is CCC(C)N(C)C(=O)Nc1cccc(CCC(=O)O)c1. The van der Waals surface area contributed by atoms with E-state index in [-0.39, 0.29) is 18.5 Å². The molecule has 0 spiro atoms. The molecule has 1 unspecified atom stereocenters. The highest BCUT2D eigenvalue weighted by Crippen LogP contribution is 2.13. The summed E-state index contributed by atoms with van der Waals surface area (Å²) in [6.07, 6.45) is 1.44. The zero-order valence-corrected chi connectivity index (χ0v) is 12.2. The van der Waals surface area contributed by atoms with E-state index in [1.54, 1.807) is 18.0 Å². The maximum absolute atomic E-state index is 12.0. The Morgan fingerprint density at radius 1 is 1.40 bits per heavy atom. The molecule has 5 heteroatoms. The lowest BCUT2D eigenvalue weighted by Gasteiger charge is -2.24. The predicted octanol–water partition coefficient (Wildman–Crippen LogP) is 2.97. The fourth-order valence-corrected chi connectivity index (χ4v) is 1.74. The lowest BCUT2D eigenvalue weighted by atomic mass is 10.1. The van der Waals surface area contributed by atoms with E-state index >= 15 is 0 Å². The molecule has 0 bridgehead atoms. The number of hydrogen-bond donors (Lipinski definition) is 2. The summed E-state index contributed by atoms with van der Waals surface area (Å²) in [6, 6.07) is 7.30. The number of benzene rings is 1. The lowest BCUT2D eigenvalue weighted by Crippen LogP contribution is -2.37. The first-order valence-corrected chi connectivity index (χ1v) is 6.78. The van der Waals surface area contributed by atoms with Gasteiger partial charge in [0.15, 0.2) is 0 Å². The number of nitrogens with one attached hydrogen (secondary N) is 1. The van der Waals surface area contributed by atoms with Crippen molar-refractivity contribution in [2.45, 2.75) is 39.2 Å². The van der Waals surface area contributed by atoms with Crippen molar-refractivity contribution in [1.29, 1.82) is 0 Å². The zero-order valence-electron chi connectivity index (χ0n) is 12.2. The molecule has 1 aromatic rings. The number of rotatable bonds is 6. The predicted molar refractivity (Wildman–Crippen MR) is 78.9 cm³/mol. The van der Waals surface area contributed by atoms with E-state index in [9.17, 15) is 9.59 Å². The van der Waals surface area contributed by atoms with Crippen molar-refractivity contribution in [3.8, 4) is 0 Å². The van der Waals surface area contributed by atoms with Crippen LogP contribution in [-0.4, -0.2) is 35.1 Å². The summed E-state index contributed by atoms with van der Waals surface area (Å²) in [5.74, 6) is -0.823. The molecule has 0 fully saturated rings. The Balaban J connectivity index is 2.66. The number of carbonyl (C=O) groups excluding carboxylic acids is 1. The van der Waals surface area contributed by atoms with Crippen LogP contribution < -0.4 is 5.32 Å². The second-order valence-corrected chi connectivity index (χ2v) is 4.89. The van der Waals surface area contributed by atoms with Gasteiger partial charge in [-0.05, 0) is 37.5 Å². The Labute approximate surface area is 119 Å². The van der Waals surface area contributed by atoms with Crippen molar-refractivity contribution in [3.63, 3.8) is 0 Å². The molecule has 20 heavy (non-hydrogen) atoms. The average molecular weight is 278 g/mol. The topological polar surface area (TPSA) is 69.6 Å². The Hall–Kier alpha value is -2.04. The molecule has 2 amide bonds. The van der Waals surface area contributed by atoms with Crippen LogP contribution in [0.4, 0.5) is 10.5 Å². The van der Waals surface area contributed by atoms with Crippen molar-refractivity contribution in [2.24, 2.45) is 0 Å². The van der Waals surface area contributed by atoms with E-state index in [4.69, 9.17) is 5.11 Å². The van der Waals surface area contributed by atoms with Crippen LogP contribution in [0.25, 0.3) is 0 Å². The molecule has 0 aliphatic rings. The van der Waals surface area contributed by atoms with Gasteiger partial charge in [-0.15, -0.1) is 0 Å². The molecule has 110 valence electrons. The number of amides is 2. The summed E-state index contributed by atoms with van der Waals surface area (Å²) in [5, 5.41) is 11.5. The highest BCUT2D eigenvalue weighted by Gasteiger charge is 2.14. The molecule has 1 atom stereocenters. The molecule has 5 nitrogen and oxygen atoms in total. The van der Waals surface area contributed by atoms with Crippen LogP contribution in [0.2, 0.25) is 0 Å². The Kier molecular flexibility index (Phi) is 6.03. The first kappa shape index (κ1) is 16.0. The summed E-state index contributed by atoms with van der Waals surface area (Å²) in [4.78, 5) is 24.2. The maximum atomic E-state index is 12.0. The van der Waals surface area contributed by atoms with Crippen LogP contribution in [0, 0.1) is 0 Å². The summed E-state index contributed by atoms with van der Waals surface area (Å²) in [7, 11) is 1.76. The van der Waals surface area contributed by atoms with E-state index in [1.165, 1.54) is 0 Å². The van der Waals surface area contributed by atoms with Crippen LogP contribution >= 0.6 is 0 Å². The second kappa shape index (κ2) is 7.53. The molecule has 0 saturated heterocycles. The van der Waals surface area contributed by atoms with Crippen molar-refractivity contribution in [2.75, 3.05) is 12.4 Å². The van der Waals surface area contributed by atoms with Crippen LogP contribution in [0.15, 0.2) is 24.3 Å². The van der Waals surface area contributed by atoms with Gasteiger partial charge in [0, 0.05) is 25.2 Å². The minimum Gasteiger partial charge on any atom is -0.481 e. The molecule has 0 aliphatic carbocycles. The van der Waals surface area contributed by atoms with E-state index < -0.39 is 5.97 Å². The largest absolute Gasteiger partial charge is 0.481 e. The fraction of sp³-hybridized carbons (Fsp3) is 0.467. The monoisotopic (exact) mass is 278 g/mol. The van der Waals surface area contributed by atoms with Crippen molar-refractivity contribution < 1.29 is 14.7 Å². The van der Waals surface area contributed by atoms with Gasteiger partial charge < -0.3 is 15.3 Å². The van der Waals surface area contributed by atoms with Crippen molar-refractivity contribution in [3.05, 3.63) is 29.8 Å². The number of aryl methyl sites for hydroxylation is 1. The van der Waals surface area contributed by atoms with Gasteiger partial charge in [-0.1, -0.05) is 19.1 Å². The smallest absolute Gasteiger partial charge is 0.321 e. The second-order valence-electron chi connectivity index (χ2n) is 4.89. The normalized spacial score (nSPS) is 11.8. The lowest BCUT2D eigenvalue weighted by molar-refractivity contribution is -0.136. The minimum absolute atomic E-state index is 0.0875. The number of urea groups is 1. The Morgan fingerprint density at radius 2 is 2.10 bits per heavy atom. The third-order valence-electron chi connectivity index (χ3n) is 3.38. The van der Waals surface area contributed by atoms with E-state index in [0.717, 1.165) is 12.0 Å². The molecule has 1 rings (SSSR count). The van der Waals surface area contributed by atoms with Crippen molar-refractivity contribution >= 4 is 17.7 Å². The van der Waals surface area contributed by atoms with Crippen LogP contribution in [0.1, 0.15) is 32.3 Å². The van der Waals surface area contributed by atoms with Crippen LogP contribution in [0.5, 0.6) is 0 Å². The van der Waals surface area contributed by atoms with Gasteiger partial charge in [-0.3, -0.25) is 4.79 Å². The summed E-state index contributed by atoms with van der Waals surface area (Å²) in [5.41, 5.74) is 1.59. The van der Waals surface area contributed by atoms with E-state index in [0.29, 0.717) is 12.1 Å². The first-order valence-electron chi connectivity index (χ1n) is 6.78. The average Bonchev–Trinajstić information content (AvgIpc) is 2.43. The first-order chi connectivity index (χ1) is 9.43. The molecular formula is C15H22N2O3. The third kappa shape index (κ3) is 4.91. The van der Waals surface area contributed by atoms with Gasteiger partial charge in [0.05, 0.1) is 0 Å². The Morgan fingerprint density at radius 3 is 2.70 bits per heavy atom. The molecule has 0 saturated carbocycles. The number of nitrogens with zero attached hydrogens (tertiary/aromatic N) is 1. The van der Waals surface area contributed by atoms with E-state index in [1.807, 2.05) is 32.0 Å². The number of anilines is 1. The minimum atomic E-state index is -0.823.